The number of nitrogens with two attached hydrogens (primary N) is 1. The molecule has 7 heteroatoms. The average molecular weight is 267 g/mol. The van der Waals surface area contributed by atoms with Crippen LogP contribution in [0.1, 0.15) is 20.8 Å². The van der Waals surface area contributed by atoms with Crippen molar-refractivity contribution < 1.29 is 4.79 Å². The molecule has 0 atom stereocenters. The third-order valence-electron chi connectivity index (χ3n) is 2.15. The number of aromatic nitrogens is 2. The van der Waals surface area contributed by atoms with Gasteiger partial charge in [-0.2, -0.15) is 5.10 Å². The van der Waals surface area contributed by atoms with Gasteiger partial charge in [-0.1, -0.05) is 0 Å². The second kappa shape index (κ2) is 6.33. The van der Waals surface area contributed by atoms with Gasteiger partial charge in [-0.15, -0.1) is 0 Å². The van der Waals surface area contributed by atoms with E-state index in [1.807, 2.05) is 20.8 Å². The molecule has 1 amide bonds. The molecule has 0 aliphatic carbocycles. The number of hydrogen-bond donors (Lipinski definition) is 3. The van der Waals surface area contributed by atoms with Crippen LogP contribution < -0.4 is 21.9 Å². The molecule has 0 spiro atoms. The molecular weight excluding hydrogens is 246 g/mol. The second-order valence-corrected chi connectivity index (χ2v) is 5.25. The van der Waals surface area contributed by atoms with Crippen LogP contribution in [0.5, 0.6) is 0 Å². The monoisotopic (exact) mass is 267 g/mol. The number of nitrogens with one attached hydrogen (secondary N) is 2. The number of nitrogens with zero attached hydrogens (tertiary/aromatic N) is 2. The van der Waals surface area contributed by atoms with E-state index in [0.29, 0.717) is 18.8 Å². The van der Waals surface area contributed by atoms with Gasteiger partial charge in [-0.25, -0.2) is 4.68 Å². The maximum atomic E-state index is 11.8. The Morgan fingerprint density at radius 1 is 1.47 bits per heavy atom. The van der Waals surface area contributed by atoms with Crippen LogP contribution in [0.15, 0.2) is 17.1 Å². The van der Waals surface area contributed by atoms with Gasteiger partial charge in [0.05, 0.1) is 11.9 Å². The molecule has 0 aliphatic heterocycles. The minimum atomic E-state index is -0.330. The molecule has 0 saturated carbocycles. The van der Waals surface area contributed by atoms with E-state index in [4.69, 9.17) is 5.73 Å². The van der Waals surface area contributed by atoms with E-state index < -0.39 is 0 Å². The van der Waals surface area contributed by atoms with Gasteiger partial charge in [-0.3, -0.25) is 9.59 Å². The molecule has 0 aromatic carbocycles. The first kappa shape index (κ1) is 15.2. The van der Waals surface area contributed by atoms with Crippen molar-refractivity contribution in [1.82, 2.24) is 15.1 Å². The highest BCUT2D eigenvalue weighted by atomic mass is 16.2. The van der Waals surface area contributed by atoms with Crippen LogP contribution in [0.2, 0.25) is 0 Å². The summed E-state index contributed by atoms with van der Waals surface area (Å²) in [4.78, 5) is 23.4. The summed E-state index contributed by atoms with van der Waals surface area (Å²) in [5.41, 5.74) is 5.29. The Morgan fingerprint density at radius 3 is 2.68 bits per heavy atom. The fourth-order valence-corrected chi connectivity index (χ4v) is 1.46. The summed E-state index contributed by atoms with van der Waals surface area (Å²) in [7, 11) is 0. The van der Waals surface area contributed by atoms with Crippen molar-refractivity contribution in [3.8, 4) is 0 Å². The van der Waals surface area contributed by atoms with Gasteiger partial charge in [0.25, 0.3) is 5.56 Å². The van der Waals surface area contributed by atoms with Crippen molar-refractivity contribution in [2.45, 2.75) is 32.9 Å². The van der Waals surface area contributed by atoms with Crippen LogP contribution in [0.4, 0.5) is 5.69 Å². The predicted octanol–water partition coefficient (Wildman–Crippen LogP) is -0.471. The number of carbonyl (C=O) groups is 1. The third-order valence-corrected chi connectivity index (χ3v) is 2.15. The summed E-state index contributed by atoms with van der Waals surface area (Å²) in [5, 5.41) is 9.67. The SMILES string of the molecule is CC(C)(C)NC(=O)Cn1ncc(NCCN)cc1=O. The van der Waals surface area contributed by atoms with Crippen molar-refractivity contribution in [1.29, 1.82) is 0 Å². The minimum absolute atomic E-state index is 0.0900. The predicted molar refractivity (Wildman–Crippen MR) is 73.9 cm³/mol. The molecule has 0 fully saturated rings. The molecule has 7 nitrogen and oxygen atoms in total. The van der Waals surface area contributed by atoms with E-state index in [9.17, 15) is 9.59 Å². The van der Waals surface area contributed by atoms with E-state index in [-0.39, 0.29) is 23.6 Å². The van der Waals surface area contributed by atoms with Crippen molar-refractivity contribution in [3.63, 3.8) is 0 Å². The van der Waals surface area contributed by atoms with E-state index >= 15 is 0 Å². The van der Waals surface area contributed by atoms with E-state index in [1.54, 1.807) is 0 Å². The summed E-state index contributed by atoms with van der Waals surface area (Å²) < 4.78 is 1.12. The number of hydrogen-bond acceptors (Lipinski definition) is 5. The maximum Gasteiger partial charge on any atom is 0.269 e. The van der Waals surface area contributed by atoms with Crippen LogP contribution in [0, 0.1) is 0 Å². The van der Waals surface area contributed by atoms with Crippen LogP contribution in [-0.2, 0) is 11.3 Å². The molecule has 106 valence electrons. The molecule has 4 N–H and O–H groups in total. The smallest absolute Gasteiger partial charge is 0.269 e. The van der Waals surface area contributed by atoms with Gasteiger partial charge in [0.15, 0.2) is 0 Å². The summed E-state index contributed by atoms with van der Waals surface area (Å²) in [6.07, 6.45) is 1.50. The normalized spacial score (nSPS) is 11.2. The molecule has 0 unspecified atom stereocenters. The Kier molecular flexibility index (Phi) is 5.05. The Balaban J connectivity index is 2.70. The van der Waals surface area contributed by atoms with Crippen molar-refractivity contribution in [3.05, 3.63) is 22.6 Å². The Morgan fingerprint density at radius 2 is 2.16 bits per heavy atom. The number of amides is 1. The Bertz CT molecular complexity index is 490. The van der Waals surface area contributed by atoms with Crippen LogP contribution >= 0.6 is 0 Å². The highest BCUT2D eigenvalue weighted by Gasteiger charge is 2.14. The fraction of sp³-hybridized carbons (Fsp3) is 0.583. The highest BCUT2D eigenvalue weighted by molar-refractivity contribution is 5.76. The second-order valence-electron chi connectivity index (χ2n) is 5.25. The largest absolute Gasteiger partial charge is 0.382 e. The van der Waals surface area contributed by atoms with E-state index in [1.165, 1.54) is 12.3 Å². The van der Waals surface area contributed by atoms with Gasteiger partial charge < -0.3 is 16.4 Å². The topological polar surface area (TPSA) is 102 Å². The van der Waals surface area contributed by atoms with E-state index in [0.717, 1.165) is 4.68 Å². The lowest BCUT2D eigenvalue weighted by molar-refractivity contribution is -0.123. The Hall–Kier alpha value is -1.89. The number of rotatable bonds is 5. The molecule has 0 bridgehead atoms. The average Bonchev–Trinajstić information content (AvgIpc) is 2.27. The van der Waals surface area contributed by atoms with Crippen LogP contribution in [0.25, 0.3) is 0 Å². The van der Waals surface area contributed by atoms with Crippen molar-refractivity contribution in [2.24, 2.45) is 5.73 Å². The fourth-order valence-electron chi connectivity index (χ4n) is 1.46. The van der Waals surface area contributed by atoms with Crippen molar-refractivity contribution >= 4 is 11.6 Å². The standard InChI is InChI=1S/C12H21N5O2/c1-12(2,3)16-10(18)8-17-11(19)6-9(7-15-17)14-5-4-13/h6-7,14H,4-5,8,13H2,1-3H3,(H,16,18). The number of carbonyl (C=O) groups excluding carboxylic acids is 1. The lowest BCUT2D eigenvalue weighted by atomic mass is 10.1. The zero-order chi connectivity index (χ0) is 14.5. The first-order valence-corrected chi connectivity index (χ1v) is 6.14. The third kappa shape index (κ3) is 5.52. The minimum Gasteiger partial charge on any atom is -0.382 e. The molecule has 1 aromatic heterocycles. The molecule has 19 heavy (non-hydrogen) atoms. The van der Waals surface area contributed by atoms with Crippen LogP contribution in [0.3, 0.4) is 0 Å². The molecule has 0 radical (unpaired) electrons. The number of anilines is 1. The van der Waals surface area contributed by atoms with Gasteiger partial charge in [0.2, 0.25) is 5.91 Å². The van der Waals surface area contributed by atoms with Gasteiger partial charge in [-0.05, 0) is 20.8 Å². The highest BCUT2D eigenvalue weighted by Crippen LogP contribution is 2.00. The summed E-state index contributed by atoms with van der Waals surface area (Å²) in [6.45, 7) is 6.57. The van der Waals surface area contributed by atoms with Gasteiger partial charge in [0, 0.05) is 24.7 Å². The van der Waals surface area contributed by atoms with Crippen LogP contribution in [-0.4, -0.2) is 34.3 Å². The molecule has 1 heterocycles. The summed E-state index contributed by atoms with van der Waals surface area (Å²) in [6, 6.07) is 1.40. The quantitative estimate of drug-likeness (QED) is 0.669. The molecule has 0 saturated heterocycles. The lowest BCUT2D eigenvalue weighted by Crippen LogP contribution is -2.43. The van der Waals surface area contributed by atoms with Gasteiger partial charge >= 0.3 is 0 Å². The first-order chi connectivity index (χ1) is 8.81. The van der Waals surface area contributed by atoms with Crippen molar-refractivity contribution in [2.75, 3.05) is 18.4 Å². The molecular formula is C12H21N5O2. The molecule has 0 aliphatic rings. The van der Waals surface area contributed by atoms with Gasteiger partial charge in [0.1, 0.15) is 6.54 Å². The lowest BCUT2D eigenvalue weighted by Gasteiger charge is -2.20. The summed E-state index contributed by atoms with van der Waals surface area (Å²) in [5.74, 6) is -0.246. The Labute approximate surface area is 112 Å². The summed E-state index contributed by atoms with van der Waals surface area (Å²) >= 11 is 0. The zero-order valence-corrected chi connectivity index (χ0v) is 11.6. The first-order valence-electron chi connectivity index (χ1n) is 6.14. The van der Waals surface area contributed by atoms with E-state index in [2.05, 4.69) is 15.7 Å². The molecule has 1 rings (SSSR count). The maximum absolute atomic E-state index is 11.8. The molecule has 1 aromatic rings. The zero-order valence-electron chi connectivity index (χ0n) is 11.6.